The fourth-order valence-electron chi connectivity index (χ4n) is 0.638. The lowest BCUT2D eigenvalue weighted by Gasteiger charge is -2.13. The number of allylic oxidation sites excluding steroid dienone is 1. The summed E-state index contributed by atoms with van der Waals surface area (Å²) in [4.78, 5) is 9.29. The molecule has 2 atom stereocenters. The standard InChI is InChI=1S/C8H16IO3P/c1-3-8(2)12-13(10,11)7-5-4-6-9/h5,7-8H,3-4,6H2,1-2H3,(H,10,11). The van der Waals surface area contributed by atoms with Crippen LogP contribution in [0.5, 0.6) is 0 Å². The summed E-state index contributed by atoms with van der Waals surface area (Å²) in [5, 5.41) is 0. The maximum Gasteiger partial charge on any atom is 0.351 e. The number of hydrogen-bond donors (Lipinski definition) is 1. The van der Waals surface area contributed by atoms with E-state index in [0.717, 1.165) is 17.3 Å². The van der Waals surface area contributed by atoms with Crippen molar-refractivity contribution in [3.8, 4) is 0 Å². The third kappa shape index (κ3) is 7.67. The minimum absolute atomic E-state index is 0.167. The van der Waals surface area contributed by atoms with Crippen molar-refractivity contribution in [2.45, 2.75) is 32.8 Å². The predicted molar refractivity (Wildman–Crippen MR) is 63.3 cm³/mol. The van der Waals surface area contributed by atoms with Gasteiger partial charge in [0.1, 0.15) is 0 Å². The highest BCUT2D eigenvalue weighted by Gasteiger charge is 2.17. The molecular formula is C8H16IO3P. The molecule has 0 rings (SSSR count). The first-order valence-electron chi connectivity index (χ1n) is 4.26. The number of alkyl halides is 1. The van der Waals surface area contributed by atoms with E-state index in [1.54, 1.807) is 13.0 Å². The molecule has 0 spiro atoms. The molecule has 0 aromatic heterocycles. The summed E-state index contributed by atoms with van der Waals surface area (Å²) < 4.78 is 17.2. The zero-order chi connectivity index (χ0) is 10.3. The van der Waals surface area contributed by atoms with Crippen LogP contribution in [0.25, 0.3) is 0 Å². The zero-order valence-electron chi connectivity index (χ0n) is 7.94. The van der Waals surface area contributed by atoms with Gasteiger partial charge in [-0.05, 0) is 19.8 Å². The first-order valence-corrected chi connectivity index (χ1v) is 7.43. The van der Waals surface area contributed by atoms with Gasteiger partial charge in [0.25, 0.3) is 0 Å². The van der Waals surface area contributed by atoms with E-state index < -0.39 is 7.60 Å². The molecular weight excluding hydrogens is 302 g/mol. The molecule has 0 saturated heterocycles. The molecule has 0 amide bonds. The zero-order valence-corrected chi connectivity index (χ0v) is 11.0. The molecule has 5 heteroatoms. The Morgan fingerprint density at radius 2 is 2.31 bits per heavy atom. The second-order valence-corrected chi connectivity index (χ2v) is 5.47. The Labute approximate surface area is 93.2 Å². The Kier molecular flexibility index (Phi) is 7.32. The Morgan fingerprint density at radius 1 is 1.69 bits per heavy atom. The molecule has 0 aromatic carbocycles. The fraction of sp³-hybridized carbons (Fsp3) is 0.750. The Hall–Kier alpha value is 0.620. The van der Waals surface area contributed by atoms with Crippen molar-refractivity contribution in [1.29, 1.82) is 0 Å². The lowest BCUT2D eigenvalue weighted by Crippen LogP contribution is -2.02. The lowest BCUT2D eigenvalue weighted by molar-refractivity contribution is 0.191. The summed E-state index contributed by atoms with van der Waals surface area (Å²) in [7, 11) is -3.48. The first kappa shape index (κ1) is 13.6. The molecule has 0 fully saturated rings. The van der Waals surface area contributed by atoms with Crippen LogP contribution in [0.3, 0.4) is 0 Å². The van der Waals surface area contributed by atoms with Gasteiger partial charge >= 0.3 is 7.60 Å². The Morgan fingerprint density at radius 3 is 2.77 bits per heavy atom. The van der Waals surface area contributed by atoms with Gasteiger partial charge in [-0.15, -0.1) is 0 Å². The molecule has 0 radical (unpaired) electrons. The molecule has 0 aliphatic carbocycles. The average Bonchev–Trinajstić information content (AvgIpc) is 2.03. The van der Waals surface area contributed by atoms with E-state index in [1.807, 2.05) is 6.92 Å². The van der Waals surface area contributed by atoms with E-state index >= 15 is 0 Å². The smallest absolute Gasteiger partial charge is 0.321 e. The molecule has 3 nitrogen and oxygen atoms in total. The van der Waals surface area contributed by atoms with Crippen LogP contribution >= 0.6 is 30.2 Å². The van der Waals surface area contributed by atoms with Gasteiger partial charge in [-0.2, -0.15) is 0 Å². The van der Waals surface area contributed by atoms with Crippen LogP contribution in [0, 0.1) is 0 Å². The summed E-state index contributed by atoms with van der Waals surface area (Å²) in [6.07, 6.45) is 3.06. The van der Waals surface area contributed by atoms with Gasteiger partial charge in [0.05, 0.1) is 6.10 Å². The van der Waals surface area contributed by atoms with Crippen LogP contribution in [0.15, 0.2) is 11.9 Å². The Balaban J connectivity index is 4.00. The average molecular weight is 318 g/mol. The monoisotopic (exact) mass is 318 g/mol. The van der Waals surface area contributed by atoms with Crippen LogP contribution in [-0.4, -0.2) is 15.4 Å². The summed E-state index contributed by atoms with van der Waals surface area (Å²) >= 11 is 2.21. The van der Waals surface area contributed by atoms with E-state index in [0.29, 0.717) is 0 Å². The second-order valence-electron chi connectivity index (χ2n) is 2.75. The molecule has 2 unspecified atom stereocenters. The van der Waals surface area contributed by atoms with Crippen molar-refractivity contribution in [3.05, 3.63) is 11.9 Å². The quantitative estimate of drug-likeness (QED) is 0.464. The van der Waals surface area contributed by atoms with Crippen LogP contribution in [0.1, 0.15) is 26.7 Å². The molecule has 0 aliphatic heterocycles. The first-order chi connectivity index (χ1) is 6.02. The summed E-state index contributed by atoms with van der Waals surface area (Å²) in [6, 6.07) is 0. The molecule has 0 aliphatic rings. The van der Waals surface area contributed by atoms with E-state index in [9.17, 15) is 9.46 Å². The molecule has 0 bridgehead atoms. The summed E-state index contributed by atoms with van der Waals surface area (Å²) in [5.41, 5.74) is 0. The van der Waals surface area contributed by atoms with Crippen LogP contribution in [0.4, 0.5) is 0 Å². The van der Waals surface area contributed by atoms with Gasteiger partial charge in [-0.1, -0.05) is 35.6 Å². The van der Waals surface area contributed by atoms with Gasteiger partial charge in [-0.3, -0.25) is 4.57 Å². The number of halogens is 1. The van der Waals surface area contributed by atoms with E-state index in [1.165, 1.54) is 5.82 Å². The lowest BCUT2D eigenvalue weighted by atomic mass is 10.3. The van der Waals surface area contributed by atoms with E-state index in [-0.39, 0.29) is 6.10 Å². The van der Waals surface area contributed by atoms with Crippen molar-refractivity contribution in [2.75, 3.05) is 4.43 Å². The van der Waals surface area contributed by atoms with E-state index in [4.69, 9.17) is 4.52 Å². The highest BCUT2D eigenvalue weighted by atomic mass is 127. The third-order valence-electron chi connectivity index (χ3n) is 1.48. The van der Waals surface area contributed by atoms with Crippen molar-refractivity contribution in [3.63, 3.8) is 0 Å². The van der Waals surface area contributed by atoms with Crippen LogP contribution < -0.4 is 0 Å². The minimum atomic E-state index is -3.48. The van der Waals surface area contributed by atoms with Crippen molar-refractivity contribution < 1.29 is 14.0 Å². The van der Waals surface area contributed by atoms with Crippen molar-refractivity contribution >= 4 is 30.2 Å². The fourth-order valence-corrected chi connectivity index (χ4v) is 2.15. The van der Waals surface area contributed by atoms with Gasteiger partial charge in [0, 0.05) is 10.2 Å². The molecule has 0 heterocycles. The molecule has 13 heavy (non-hydrogen) atoms. The third-order valence-corrected chi connectivity index (χ3v) is 3.35. The highest BCUT2D eigenvalue weighted by Crippen LogP contribution is 2.45. The van der Waals surface area contributed by atoms with Gasteiger partial charge in [0.15, 0.2) is 0 Å². The van der Waals surface area contributed by atoms with Crippen molar-refractivity contribution in [2.24, 2.45) is 0 Å². The number of hydrogen-bond acceptors (Lipinski definition) is 2. The minimum Gasteiger partial charge on any atom is -0.321 e. The van der Waals surface area contributed by atoms with Crippen LogP contribution in [-0.2, 0) is 9.09 Å². The summed E-state index contributed by atoms with van der Waals surface area (Å²) in [6.45, 7) is 3.70. The normalized spacial score (nSPS) is 18.8. The second kappa shape index (κ2) is 6.98. The number of rotatable bonds is 6. The molecule has 78 valence electrons. The Bertz CT molecular complexity index is 206. The summed E-state index contributed by atoms with van der Waals surface area (Å²) in [5.74, 6) is 1.28. The van der Waals surface area contributed by atoms with Gasteiger partial charge < -0.3 is 9.42 Å². The maximum absolute atomic E-state index is 11.3. The van der Waals surface area contributed by atoms with Crippen molar-refractivity contribution in [1.82, 2.24) is 0 Å². The van der Waals surface area contributed by atoms with Gasteiger partial charge in [-0.25, -0.2) is 0 Å². The largest absolute Gasteiger partial charge is 0.351 e. The maximum atomic E-state index is 11.3. The predicted octanol–water partition coefficient (Wildman–Crippen LogP) is 3.33. The highest BCUT2D eigenvalue weighted by molar-refractivity contribution is 14.1. The van der Waals surface area contributed by atoms with Gasteiger partial charge in [0.2, 0.25) is 0 Å². The van der Waals surface area contributed by atoms with Crippen LogP contribution in [0.2, 0.25) is 0 Å². The topological polar surface area (TPSA) is 46.5 Å². The SMILES string of the molecule is CCC(C)OP(=O)(O)C=CCCI. The molecule has 0 aromatic rings. The van der Waals surface area contributed by atoms with E-state index in [2.05, 4.69) is 22.6 Å². The molecule has 1 N–H and O–H groups in total. The molecule has 0 saturated carbocycles.